The summed E-state index contributed by atoms with van der Waals surface area (Å²) >= 11 is 0. The number of amides is 3. The summed E-state index contributed by atoms with van der Waals surface area (Å²) in [6, 6.07) is 32.7. The van der Waals surface area contributed by atoms with Crippen molar-refractivity contribution < 1.29 is 14.4 Å². The summed E-state index contributed by atoms with van der Waals surface area (Å²) < 4.78 is 0. The molecule has 4 rings (SSSR count). The van der Waals surface area contributed by atoms with Gasteiger partial charge in [-0.15, -0.1) is 0 Å². The van der Waals surface area contributed by atoms with Crippen molar-refractivity contribution in [3.63, 3.8) is 0 Å². The molecule has 4 aromatic carbocycles. The quantitative estimate of drug-likeness (QED) is 0.331. The van der Waals surface area contributed by atoms with Crippen molar-refractivity contribution >= 4 is 34.8 Å². The van der Waals surface area contributed by atoms with E-state index in [1.807, 2.05) is 60.7 Å². The van der Waals surface area contributed by atoms with Crippen LogP contribution >= 0.6 is 0 Å². The lowest BCUT2D eigenvalue weighted by Crippen LogP contribution is -2.15. The Bertz CT molecular complexity index is 1290. The topological polar surface area (TPSA) is 87.3 Å². The van der Waals surface area contributed by atoms with E-state index in [1.165, 1.54) is 0 Å². The minimum absolute atomic E-state index is 0.107. The predicted octanol–water partition coefficient (Wildman–Crippen LogP) is 5.30. The van der Waals surface area contributed by atoms with Crippen molar-refractivity contribution in [1.82, 2.24) is 0 Å². The number of hydrogen-bond donors (Lipinski definition) is 3. The van der Waals surface area contributed by atoms with Crippen LogP contribution in [0.1, 0.15) is 21.5 Å². The molecule has 35 heavy (non-hydrogen) atoms. The molecule has 3 N–H and O–H groups in total. The Labute approximate surface area is 204 Å². The SMILES string of the molecule is O=C(Cc1ccccc1)Nc1ccc(NC(=O)c2ccc(NC(=O)Cc3ccccc3)cc2)cc1. The first-order valence-electron chi connectivity index (χ1n) is 11.2. The highest BCUT2D eigenvalue weighted by Gasteiger charge is 2.09. The zero-order chi connectivity index (χ0) is 24.5. The van der Waals surface area contributed by atoms with Gasteiger partial charge in [-0.3, -0.25) is 14.4 Å². The molecule has 174 valence electrons. The van der Waals surface area contributed by atoms with Crippen LogP contribution in [0.2, 0.25) is 0 Å². The van der Waals surface area contributed by atoms with E-state index in [2.05, 4.69) is 16.0 Å². The predicted molar refractivity (Wildman–Crippen MR) is 138 cm³/mol. The summed E-state index contributed by atoms with van der Waals surface area (Å²) in [4.78, 5) is 37.0. The fraction of sp³-hybridized carbons (Fsp3) is 0.0690. The van der Waals surface area contributed by atoms with Crippen LogP contribution in [0.3, 0.4) is 0 Å². The fourth-order valence-electron chi connectivity index (χ4n) is 3.52. The van der Waals surface area contributed by atoms with Crippen LogP contribution in [0.25, 0.3) is 0 Å². The summed E-state index contributed by atoms with van der Waals surface area (Å²) in [5, 5.41) is 8.52. The summed E-state index contributed by atoms with van der Waals surface area (Å²) in [5.41, 5.74) is 4.22. The van der Waals surface area contributed by atoms with Crippen LogP contribution in [0, 0.1) is 0 Å². The van der Waals surface area contributed by atoms with Crippen LogP contribution in [-0.4, -0.2) is 17.7 Å². The minimum Gasteiger partial charge on any atom is -0.326 e. The van der Waals surface area contributed by atoms with E-state index < -0.39 is 0 Å². The Morgan fingerprint density at radius 1 is 0.457 bits per heavy atom. The largest absolute Gasteiger partial charge is 0.326 e. The lowest BCUT2D eigenvalue weighted by molar-refractivity contribution is -0.116. The number of benzene rings is 4. The number of rotatable bonds is 8. The minimum atomic E-state index is -0.270. The molecule has 0 spiro atoms. The molecule has 3 amide bonds. The highest BCUT2D eigenvalue weighted by Crippen LogP contribution is 2.17. The molecule has 0 heterocycles. The van der Waals surface area contributed by atoms with Crippen LogP contribution in [0.15, 0.2) is 109 Å². The molecule has 0 aliphatic rings. The number of carbonyl (C=O) groups excluding carboxylic acids is 3. The third-order valence-corrected chi connectivity index (χ3v) is 5.27. The summed E-state index contributed by atoms with van der Waals surface area (Å²) in [6.07, 6.45) is 0.577. The number of carbonyl (C=O) groups is 3. The first-order chi connectivity index (χ1) is 17.0. The third kappa shape index (κ3) is 7.14. The maximum absolute atomic E-state index is 12.6. The lowest BCUT2D eigenvalue weighted by atomic mass is 10.1. The average Bonchev–Trinajstić information content (AvgIpc) is 2.87. The van der Waals surface area contributed by atoms with E-state index in [0.717, 1.165) is 11.1 Å². The monoisotopic (exact) mass is 463 g/mol. The molecule has 0 bridgehead atoms. The van der Waals surface area contributed by atoms with Gasteiger partial charge >= 0.3 is 0 Å². The van der Waals surface area contributed by atoms with Crippen LogP contribution in [0.5, 0.6) is 0 Å². The number of hydrogen-bond acceptors (Lipinski definition) is 3. The van der Waals surface area contributed by atoms with Crippen molar-refractivity contribution in [3.05, 3.63) is 126 Å². The Kier molecular flexibility index (Phi) is 7.66. The average molecular weight is 464 g/mol. The van der Waals surface area contributed by atoms with E-state index in [-0.39, 0.29) is 24.1 Å². The van der Waals surface area contributed by atoms with Crippen molar-refractivity contribution in [3.8, 4) is 0 Å². The highest BCUT2D eigenvalue weighted by molar-refractivity contribution is 6.05. The molecule has 0 unspecified atom stereocenters. The van der Waals surface area contributed by atoms with Gasteiger partial charge in [-0.25, -0.2) is 0 Å². The highest BCUT2D eigenvalue weighted by atomic mass is 16.2. The summed E-state index contributed by atoms with van der Waals surface area (Å²) in [5.74, 6) is -0.499. The Balaban J connectivity index is 1.27. The van der Waals surface area contributed by atoms with Gasteiger partial charge in [0, 0.05) is 22.6 Å². The molecule has 6 heteroatoms. The van der Waals surface area contributed by atoms with E-state index in [0.29, 0.717) is 29.0 Å². The van der Waals surface area contributed by atoms with E-state index >= 15 is 0 Å². The van der Waals surface area contributed by atoms with Gasteiger partial charge in [0.2, 0.25) is 11.8 Å². The van der Waals surface area contributed by atoms with Crippen molar-refractivity contribution in [2.45, 2.75) is 12.8 Å². The molecule has 0 aromatic heterocycles. The molecule has 0 aliphatic heterocycles. The van der Waals surface area contributed by atoms with Crippen molar-refractivity contribution in [1.29, 1.82) is 0 Å². The molecule has 6 nitrogen and oxygen atoms in total. The van der Waals surface area contributed by atoms with Crippen LogP contribution in [0.4, 0.5) is 17.1 Å². The molecule has 0 saturated heterocycles. The second-order valence-corrected chi connectivity index (χ2v) is 8.03. The van der Waals surface area contributed by atoms with Gasteiger partial charge < -0.3 is 16.0 Å². The Morgan fingerprint density at radius 3 is 1.26 bits per heavy atom. The second kappa shape index (κ2) is 11.4. The normalized spacial score (nSPS) is 10.3. The first-order valence-corrected chi connectivity index (χ1v) is 11.2. The van der Waals surface area contributed by atoms with Gasteiger partial charge in [0.05, 0.1) is 12.8 Å². The van der Waals surface area contributed by atoms with Gasteiger partial charge in [-0.2, -0.15) is 0 Å². The maximum Gasteiger partial charge on any atom is 0.255 e. The van der Waals surface area contributed by atoms with Crippen LogP contribution < -0.4 is 16.0 Å². The number of anilines is 3. The third-order valence-electron chi connectivity index (χ3n) is 5.27. The molecule has 4 aromatic rings. The Morgan fingerprint density at radius 2 is 0.829 bits per heavy atom. The van der Waals surface area contributed by atoms with Gasteiger partial charge in [-0.1, -0.05) is 60.7 Å². The van der Waals surface area contributed by atoms with Gasteiger partial charge in [0.15, 0.2) is 0 Å². The fourth-order valence-corrected chi connectivity index (χ4v) is 3.52. The summed E-state index contributed by atoms with van der Waals surface area (Å²) in [6.45, 7) is 0. The van der Waals surface area contributed by atoms with Crippen LogP contribution in [-0.2, 0) is 22.4 Å². The van der Waals surface area contributed by atoms with Crippen molar-refractivity contribution in [2.75, 3.05) is 16.0 Å². The van der Waals surface area contributed by atoms with E-state index in [4.69, 9.17) is 0 Å². The zero-order valence-corrected chi connectivity index (χ0v) is 19.0. The van der Waals surface area contributed by atoms with Gasteiger partial charge in [-0.05, 0) is 59.7 Å². The molecule has 0 radical (unpaired) electrons. The van der Waals surface area contributed by atoms with E-state index in [1.54, 1.807) is 48.5 Å². The van der Waals surface area contributed by atoms with E-state index in [9.17, 15) is 14.4 Å². The zero-order valence-electron chi connectivity index (χ0n) is 19.0. The van der Waals surface area contributed by atoms with Gasteiger partial charge in [0.25, 0.3) is 5.91 Å². The first kappa shape index (κ1) is 23.4. The Hall–Kier alpha value is -4.71. The standard InChI is InChI=1S/C29H25N3O3/c33-27(19-21-7-3-1-4-8-21)30-24-13-11-23(12-14-24)29(35)32-26-17-15-25(16-18-26)31-28(34)20-22-9-5-2-6-10-22/h1-18H,19-20H2,(H,30,33)(H,31,34)(H,32,35). The summed E-state index contributed by atoms with van der Waals surface area (Å²) in [7, 11) is 0. The second-order valence-electron chi connectivity index (χ2n) is 8.03. The molecule has 0 saturated carbocycles. The molecular weight excluding hydrogens is 438 g/mol. The van der Waals surface area contributed by atoms with Gasteiger partial charge in [0.1, 0.15) is 0 Å². The van der Waals surface area contributed by atoms with Crippen molar-refractivity contribution in [2.24, 2.45) is 0 Å². The molecule has 0 fully saturated rings. The lowest BCUT2D eigenvalue weighted by Gasteiger charge is -2.09. The number of nitrogens with one attached hydrogen (secondary N) is 3. The smallest absolute Gasteiger partial charge is 0.255 e. The molecular formula is C29H25N3O3. The molecule has 0 atom stereocenters. The maximum atomic E-state index is 12.6. The molecule has 0 aliphatic carbocycles.